The van der Waals surface area contributed by atoms with Crippen molar-refractivity contribution < 1.29 is 8.79 Å². The van der Waals surface area contributed by atoms with Crippen LogP contribution in [0.3, 0.4) is 0 Å². The number of para-hydroxylation sites is 3. The Morgan fingerprint density at radius 2 is 1.69 bits per heavy atom. The summed E-state index contributed by atoms with van der Waals surface area (Å²) in [5.74, 6) is 0.348. The van der Waals surface area contributed by atoms with Gasteiger partial charge < -0.3 is 0 Å². The smallest absolute Gasteiger partial charge is 0.269 e. The predicted octanol–water partition coefficient (Wildman–Crippen LogP) is 4.89. The number of halogens is 1. The lowest BCUT2D eigenvalue weighted by Crippen LogP contribution is -2.25. The summed E-state index contributed by atoms with van der Waals surface area (Å²) < 4.78 is 16.1. The Morgan fingerprint density at radius 3 is 2.62 bits per heavy atom. The number of hydrogen-bond acceptors (Lipinski definition) is 2. The Morgan fingerprint density at radius 1 is 0.923 bits per heavy atom. The van der Waals surface area contributed by atoms with Crippen LogP contribution >= 0.6 is 11.8 Å². The van der Waals surface area contributed by atoms with Gasteiger partial charge in [0.25, 0.3) is 0 Å². The fourth-order valence-electron chi connectivity index (χ4n) is 3.24. The maximum absolute atomic E-state index is 14.0. The second-order valence-electron chi connectivity index (χ2n) is 6.12. The molecule has 0 unspecified atom stereocenters. The van der Waals surface area contributed by atoms with Crippen LogP contribution in [0.25, 0.3) is 27.6 Å². The first-order valence-corrected chi connectivity index (χ1v) is 9.37. The summed E-state index contributed by atoms with van der Waals surface area (Å²) in [7, 11) is 0. The highest BCUT2D eigenvalue weighted by molar-refractivity contribution is 7.98. The average molecular weight is 360 g/mol. The van der Waals surface area contributed by atoms with E-state index in [2.05, 4.69) is 27.6 Å². The largest absolute Gasteiger partial charge is 0.304 e. The van der Waals surface area contributed by atoms with E-state index in [-0.39, 0.29) is 5.82 Å². The van der Waals surface area contributed by atoms with E-state index in [1.54, 1.807) is 17.8 Å². The standard InChI is InChI=1S/C21H14FN3S/c22-16-9-3-1-7-14(16)13-26-21-24-17-10-4-2-8-15(17)20-23-18-11-5-6-12-19(18)25(20)21/h1-12H,13H2/p+1. The van der Waals surface area contributed by atoms with Crippen LogP contribution in [0.1, 0.15) is 5.56 Å². The molecule has 0 bridgehead atoms. The molecule has 3 aromatic carbocycles. The molecular weight excluding hydrogens is 345 g/mol. The first-order chi connectivity index (χ1) is 12.8. The minimum absolute atomic E-state index is 0.180. The van der Waals surface area contributed by atoms with Crippen molar-refractivity contribution in [2.24, 2.45) is 0 Å². The number of nitrogens with zero attached hydrogens (tertiary/aromatic N) is 2. The zero-order chi connectivity index (χ0) is 17.5. The van der Waals surface area contributed by atoms with Crippen LogP contribution in [0.4, 0.5) is 4.39 Å². The number of aromatic amines is 1. The lowest BCUT2D eigenvalue weighted by molar-refractivity contribution is -0.530. The molecule has 26 heavy (non-hydrogen) atoms. The molecule has 0 saturated carbocycles. The van der Waals surface area contributed by atoms with Crippen molar-refractivity contribution in [3.05, 3.63) is 84.2 Å². The second-order valence-corrected chi connectivity index (χ2v) is 7.06. The van der Waals surface area contributed by atoms with Gasteiger partial charge in [-0.3, -0.25) is 4.98 Å². The van der Waals surface area contributed by atoms with E-state index in [0.29, 0.717) is 11.3 Å². The molecule has 0 radical (unpaired) electrons. The molecule has 3 nitrogen and oxygen atoms in total. The Kier molecular flexibility index (Phi) is 3.60. The van der Waals surface area contributed by atoms with Crippen LogP contribution in [0, 0.1) is 5.82 Å². The monoisotopic (exact) mass is 360 g/mol. The number of benzene rings is 3. The lowest BCUT2D eigenvalue weighted by atomic mass is 10.2. The van der Waals surface area contributed by atoms with Crippen molar-refractivity contribution in [3.63, 3.8) is 0 Å². The summed E-state index contributed by atoms with van der Waals surface area (Å²) in [5.41, 5.74) is 4.74. The van der Waals surface area contributed by atoms with Crippen molar-refractivity contribution in [2.75, 3.05) is 0 Å². The third-order valence-corrected chi connectivity index (χ3v) is 5.49. The Bertz CT molecular complexity index is 1260. The minimum atomic E-state index is -0.180. The van der Waals surface area contributed by atoms with Crippen LogP contribution in [-0.4, -0.2) is 9.97 Å². The Hall–Kier alpha value is -2.92. The van der Waals surface area contributed by atoms with Gasteiger partial charge in [0, 0.05) is 5.75 Å². The van der Waals surface area contributed by atoms with Gasteiger partial charge in [0.05, 0.1) is 5.39 Å². The number of aromatic nitrogens is 3. The molecule has 5 rings (SSSR count). The van der Waals surface area contributed by atoms with Crippen LogP contribution < -0.4 is 4.40 Å². The summed E-state index contributed by atoms with van der Waals surface area (Å²) in [6.07, 6.45) is 0. The van der Waals surface area contributed by atoms with Gasteiger partial charge in [0.2, 0.25) is 5.65 Å². The SMILES string of the molecule is Fc1ccccc1CSc1nc2ccccc2c2[nH]c3ccccc3[n+]12. The predicted molar refractivity (Wildman–Crippen MR) is 103 cm³/mol. The van der Waals surface area contributed by atoms with Gasteiger partial charge >= 0.3 is 5.16 Å². The molecule has 5 heteroatoms. The first-order valence-electron chi connectivity index (χ1n) is 8.39. The van der Waals surface area contributed by atoms with E-state index in [1.807, 2.05) is 42.5 Å². The topological polar surface area (TPSA) is 32.8 Å². The highest BCUT2D eigenvalue weighted by atomic mass is 32.2. The number of rotatable bonds is 3. The summed E-state index contributed by atoms with van der Waals surface area (Å²) in [4.78, 5) is 8.36. The number of fused-ring (bicyclic) bond motifs is 5. The van der Waals surface area contributed by atoms with Crippen LogP contribution in [0.15, 0.2) is 78.0 Å². The molecule has 0 saturated heterocycles. The summed E-state index contributed by atoms with van der Waals surface area (Å²) in [5, 5.41) is 1.92. The molecule has 5 aromatic rings. The maximum atomic E-state index is 14.0. The van der Waals surface area contributed by atoms with E-state index in [1.165, 1.54) is 6.07 Å². The molecule has 1 N–H and O–H groups in total. The Balaban J connectivity index is 1.73. The Labute approximate surface area is 153 Å². The van der Waals surface area contributed by atoms with Gasteiger partial charge in [-0.2, -0.15) is 4.40 Å². The fraction of sp³-hybridized carbons (Fsp3) is 0.0476. The third-order valence-electron chi connectivity index (χ3n) is 4.50. The lowest BCUT2D eigenvalue weighted by Gasteiger charge is -2.03. The van der Waals surface area contributed by atoms with E-state index in [0.717, 1.165) is 32.7 Å². The van der Waals surface area contributed by atoms with Crippen LogP contribution in [0.5, 0.6) is 0 Å². The minimum Gasteiger partial charge on any atom is -0.269 e. The molecule has 0 aliphatic rings. The molecule has 0 aliphatic carbocycles. The van der Waals surface area contributed by atoms with Crippen molar-refractivity contribution in [1.29, 1.82) is 0 Å². The van der Waals surface area contributed by atoms with Crippen molar-refractivity contribution in [2.45, 2.75) is 10.9 Å². The van der Waals surface area contributed by atoms with Crippen molar-refractivity contribution in [3.8, 4) is 0 Å². The fourth-order valence-corrected chi connectivity index (χ4v) is 4.24. The van der Waals surface area contributed by atoms with E-state index in [4.69, 9.17) is 4.98 Å². The third kappa shape index (κ3) is 2.44. The molecule has 2 aromatic heterocycles. The van der Waals surface area contributed by atoms with Gasteiger partial charge in [-0.15, -0.1) is 0 Å². The second kappa shape index (κ2) is 6.11. The normalized spacial score (nSPS) is 11.6. The first kappa shape index (κ1) is 15.3. The van der Waals surface area contributed by atoms with Gasteiger partial charge in [-0.1, -0.05) is 47.4 Å². The zero-order valence-electron chi connectivity index (χ0n) is 13.8. The molecule has 0 spiro atoms. The number of hydrogen-bond donors (Lipinski definition) is 1. The van der Waals surface area contributed by atoms with E-state index in [9.17, 15) is 4.39 Å². The maximum Gasteiger partial charge on any atom is 0.304 e. The molecule has 0 fully saturated rings. The number of thioether (sulfide) groups is 1. The highest BCUT2D eigenvalue weighted by Crippen LogP contribution is 2.26. The van der Waals surface area contributed by atoms with Gasteiger partial charge in [0.15, 0.2) is 5.52 Å². The molecular formula is C21H15FN3S+. The number of nitrogens with one attached hydrogen (secondary N) is 1. The summed E-state index contributed by atoms with van der Waals surface area (Å²) >= 11 is 1.54. The molecule has 0 atom stereocenters. The van der Waals surface area contributed by atoms with Gasteiger partial charge in [-0.05, 0) is 47.7 Å². The summed E-state index contributed by atoms with van der Waals surface area (Å²) in [6, 6.07) is 23.1. The zero-order valence-corrected chi connectivity index (χ0v) is 14.6. The molecule has 2 heterocycles. The van der Waals surface area contributed by atoms with Crippen LogP contribution in [0.2, 0.25) is 0 Å². The van der Waals surface area contributed by atoms with Gasteiger partial charge in [-0.25, -0.2) is 4.39 Å². The molecule has 0 aliphatic heterocycles. The van der Waals surface area contributed by atoms with E-state index >= 15 is 0 Å². The molecule has 126 valence electrons. The summed E-state index contributed by atoms with van der Waals surface area (Å²) in [6.45, 7) is 0. The van der Waals surface area contributed by atoms with Crippen LogP contribution in [-0.2, 0) is 5.75 Å². The van der Waals surface area contributed by atoms with Gasteiger partial charge in [0.1, 0.15) is 16.9 Å². The van der Waals surface area contributed by atoms with E-state index < -0.39 is 0 Å². The average Bonchev–Trinajstić information content (AvgIpc) is 3.07. The molecule has 0 amide bonds. The number of imidazole rings is 1. The highest BCUT2D eigenvalue weighted by Gasteiger charge is 2.20. The quantitative estimate of drug-likeness (QED) is 0.282. The number of H-pyrrole nitrogens is 1. The van der Waals surface area contributed by atoms with Crippen molar-refractivity contribution in [1.82, 2.24) is 9.97 Å². The van der Waals surface area contributed by atoms with Crippen molar-refractivity contribution >= 4 is 39.3 Å².